The summed E-state index contributed by atoms with van der Waals surface area (Å²) in [5.74, 6) is -1.09. The summed E-state index contributed by atoms with van der Waals surface area (Å²) in [6.07, 6.45) is 5.53. The van der Waals surface area contributed by atoms with Gasteiger partial charge in [0, 0.05) is 26.1 Å². The number of hydrogen-bond acceptors (Lipinski definition) is 4. The molecule has 0 aromatic heterocycles. The zero-order chi connectivity index (χ0) is 24.8. The molecule has 1 unspecified atom stereocenters. The van der Waals surface area contributed by atoms with E-state index in [4.69, 9.17) is 0 Å². The highest BCUT2D eigenvalue weighted by molar-refractivity contribution is 6.05. The third-order valence-electron chi connectivity index (χ3n) is 6.69. The van der Waals surface area contributed by atoms with Gasteiger partial charge in [0.05, 0.1) is 11.8 Å². The number of benzene rings is 1. The van der Waals surface area contributed by atoms with Crippen LogP contribution >= 0.6 is 0 Å². The van der Waals surface area contributed by atoms with E-state index < -0.39 is 6.04 Å². The lowest BCUT2D eigenvalue weighted by atomic mass is 9.85. The Kier molecular flexibility index (Phi) is 8.64. The highest BCUT2D eigenvalue weighted by Crippen LogP contribution is 2.35. The fraction of sp³-hybridized carbons (Fsp3) is 0.556. The van der Waals surface area contributed by atoms with Crippen molar-refractivity contribution in [3.05, 3.63) is 47.5 Å². The SMILES string of the molecule is CCC(C(=O)NCC(C)C)N(Cc1ccc(C)cc1)C(=O)CCN1C(=O)[C@H]2CC=CC[C@H]2C1=O. The van der Waals surface area contributed by atoms with Gasteiger partial charge in [-0.2, -0.15) is 0 Å². The van der Waals surface area contributed by atoms with E-state index in [0.717, 1.165) is 11.1 Å². The predicted molar refractivity (Wildman–Crippen MR) is 130 cm³/mol. The largest absolute Gasteiger partial charge is 0.354 e. The van der Waals surface area contributed by atoms with Gasteiger partial charge in [-0.05, 0) is 37.7 Å². The van der Waals surface area contributed by atoms with Crippen LogP contribution in [-0.4, -0.2) is 52.6 Å². The number of fused-ring (bicyclic) bond motifs is 1. The first kappa shape index (κ1) is 25.7. The predicted octanol–water partition coefficient (Wildman–Crippen LogP) is 3.22. The first-order chi connectivity index (χ1) is 16.2. The maximum atomic E-state index is 13.4. The average Bonchev–Trinajstić information content (AvgIpc) is 3.07. The number of likely N-dealkylation sites (tertiary alicyclic amines) is 1. The van der Waals surface area contributed by atoms with Crippen molar-refractivity contribution in [2.24, 2.45) is 17.8 Å². The molecule has 1 aromatic rings. The van der Waals surface area contributed by atoms with Crippen molar-refractivity contribution in [3.63, 3.8) is 0 Å². The molecule has 7 heteroatoms. The molecular weight excluding hydrogens is 430 g/mol. The summed E-state index contributed by atoms with van der Waals surface area (Å²) in [5, 5.41) is 2.95. The van der Waals surface area contributed by atoms with Gasteiger partial charge in [0.1, 0.15) is 6.04 Å². The van der Waals surface area contributed by atoms with E-state index in [2.05, 4.69) is 5.32 Å². The Morgan fingerprint density at radius 3 is 2.18 bits per heavy atom. The molecule has 1 heterocycles. The van der Waals surface area contributed by atoms with Crippen LogP contribution in [0.15, 0.2) is 36.4 Å². The molecule has 184 valence electrons. The van der Waals surface area contributed by atoms with E-state index in [1.165, 1.54) is 4.90 Å². The maximum Gasteiger partial charge on any atom is 0.242 e. The van der Waals surface area contributed by atoms with Gasteiger partial charge in [0.15, 0.2) is 0 Å². The second-order valence-corrected chi connectivity index (χ2v) is 9.80. The van der Waals surface area contributed by atoms with E-state index in [-0.39, 0.29) is 48.4 Å². The minimum atomic E-state index is -0.621. The first-order valence-electron chi connectivity index (χ1n) is 12.4. The Balaban J connectivity index is 1.74. The van der Waals surface area contributed by atoms with E-state index in [0.29, 0.717) is 38.3 Å². The summed E-state index contributed by atoms with van der Waals surface area (Å²) in [6.45, 7) is 8.82. The molecule has 0 spiro atoms. The van der Waals surface area contributed by atoms with Crippen LogP contribution < -0.4 is 5.32 Å². The zero-order valence-corrected chi connectivity index (χ0v) is 20.8. The summed E-state index contributed by atoms with van der Waals surface area (Å²) in [7, 11) is 0. The molecule has 4 amide bonds. The minimum Gasteiger partial charge on any atom is -0.354 e. The Morgan fingerprint density at radius 2 is 1.65 bits per heavy atom. The average molecular weight is 468 g/mol. The number of hydrogen-bond donors (Lipinski definition) is 1. The maximum absolute atomic E-state index is 13.4. The van der Waals surface area contributed by atoms with E-state index >= 15 is 0 Å². The molecule has 1 aliphatic carbocycles. The van der Waals surface area contributed by atoms with Crippen molar-refractivity contribution in [3.8, 4) is 0 Å². The molecule has 1 aliphatic heterocycles. The highest BCUT2D eigenvalue weighted by Gasteiger charge is 2.47. The second kappa shape index (κ2) is 11.4. The van der Waals surface area contributed by atoms with Crippen molar-refractivity contribution in [1.29, 1.82) is 0 Å². The number of aryl methyl sites for hydroxylation is 1. The monoisotopic (exact) mass is 467 g/mol. The molecule has 2 aliphatic rings. The van der Waals surface area contributed by atoms with Crippen molar-refractivity contribution >= 4 is 23.6 Å². The number of nitrogens with zero attached hydrogens (tertiary/aromatic N) is 2. The van der Waals surface area contributed by atoms with Gasteiger partial charge in [0.2, 0.25) is 23.6 Å². The molecule has 0 radical (unpaired) electrons. The van der Waals surface area contributed by atoms with Gasteiger partial charge < -0.3 is 10.2 Å². The van der Waals surface area contributed by atoms with Gasteiger partial charge in [0.25, 0.3) is 0 Å². The molecule has 0 saturated carbocycles. The fourth-order valence-corrected chi connectivity index (χ4v) is 4.67. The van der Waals surface area contributed by atoms with Crippen LogP contribution in [-0.2, 0) is 25.7 Å². The number of amides is 4. The summed E-state index contributed by atoms with van der Waals surface area (Å²) in [6, 6.07) is 7.26. The van der Waals surface area contributed by atoms with Gasteiger partial charge in [-0.1, -0.05) is 62.8 Å². The normalized spacial score (nSPS) is 20.4. The lowest BCUT2D eigenvalue weighted by Gasteiger charge is -2.31. The van der Waals surface area contributed by atoms with Crippen LogP contribution in [0.1, 0.15) is 57.6 Å². The van der Waals surface area contributed by atoms with Crippen LogP contribution in [0.3, 0.4) is 0 Å². The van der Waals surface area contributed by atoms with E-state index in [1.54, 1.807) is 4.90 Å². The molecule has 1 N–H and O–H groups in total. The number of rotatable bonds is 10. The quantitative estimate of drug-likeness (QED) is 0.423. The Labute approximate surface area is 202 Å². The van der Waals surface area contributed by atoms with Crippen LogP contribution in [0.4, 0.5) is 0 Å². The third kappa shape index (κ3) is 5.93. The summed E-state index contributed by atoms with van der Waals surface area (Å²) < 4.78 is 0. The fourth-order valence-electron chi connectivity index (χ4n) is 4.67. The smallest absolute Gasteiger partial charge is 0.242 e. The van der Waals surface area contributed by atoms with Crippen molar-refractivity contribution in [2.45, 2.75) is 66.0 Å². The lowest BCUT2D eigenvalue weighted by Crippen LogP contribution is -2.50. The molecule has 0 bridgehead atoms. The summed E-state index contributed by atoms with van der Waals surface area (Å²) in [4.78, 5) is 54.8. The van der Waals surface area contributed by atoms with Gasteiger partial charge in [-0.25, -0.2) is 0 Å². The van der Waals surface area contributed by atoms with Crippen LogP contribution in [0.2, 0.25) is 0 Å². The summed E-state index contributed by atoms with van der Waals surface area (Å²) in [5.41, 5.74) is 2.05. The number of carbonyl (C=O) groups excluding carboxylic acids is 4. The molecule has 1 fully saturated rings. The molecule has 3 atom stereocenters. The lowest BCUT2D eigenvalue weighted by molar-refractivity contribution is -0.144. The number of imide groups is 1. The van der Waals surface area contributed by atoms with Crippen molar-refractivity contribution < 1.29 is 19.2 Å². The number of allylic oxidation sites excluding steroid dienone is 2. The van der Waals surface area contributed by atoms with Crippen LogP contribution in [0, 0.1) is 24.7 Å². The standard InChI is InChI=1S/C27H37N3O4/c1-5-23(25(32)28-16-18(2)3)30(17-20-12-10-19(4)11-13-20)24(31)14-15-29-26(33)21-8-6-7-9-22(21)27(29)34/h6-7,10-13,18,21-23H,5,8-9,14-17H2,1-4H3,(H,28,32)/t21-,22+,23?. The van der Waals surface area contributed by atoms with Gasteiger partial charge in [-0.3, -0.25) is 24.1 Å². The molecular formula is C27H37N3O4. The van der Waals surface area contributed by atoms with Crippen molar-refractivity contribution in [1.82, 2.24) is 15.1 Å². The molecule has 34 heavy (non-hydrogen) atoms. The van der Waals surface area contributed by atoms with Gasteiger partial charge >= 0.3 is 0 Å². The molecule has 1 aromatic carbocycles. The zero-order valence-electron chi connectivity index (χ0n) is 20.8. The minimum absolute atomic E-state index is 0.00414. The molecule has 7 nitrogen and oxygen atoms in total. The number of carbonyl (C=O) groups is 4. The Hall–Kier alpha value is -2.96. The second-order valence-electron chi connectivity index (χ2n) is 9.80. The van der Waals surface area contributed by atoms with E-state index in [1.807, 2.05) is 64.1 Å². The van der Waals surface area contributed by atoms with E-state index in [9.17, 15) is 19.2 Å². The summed E-state index contributed by atoms with van der Waals surface area (Å²) >= 11 is 0. The molecule has 3 rings (SSSR count). The van der Waals surface area contributed by atoms with Crippen molar-refractivity contribution in [2.75, 3.05) is 13.1 Å². The number of nitrogens with one attached hydrogen (secondary N) is 1. The Bertz CT molecular complexity index is 912. The van der Waals surface area contributed by atoms with Gasteiger partial charge in [-0.15, -0.1) is 0 Å². The van der Waals surface area contributed by atoms with Crippen LogP contribution in [0.5, 0.6) is 0 Å². The topological polar surface area (TPSA) is 86.8 Å². The van der Waals surface area contributed by atoms with Crippen LogP contribution in [0.25, 0.3) is 0 Å². The highest BCUT2D eigenvalue weighted by atomic mass is 16.2. The Morgan fingerprint density at radius 1 is 1.06 bits per heavy atom. The third-order valence-corrected chi connectivity index (χ3v) is 6.69. The molecule has 1 saturated heterocycles. The first-order valence-corrected chi connectivity index (χ1v) is 12.4.